The number of likely N-dealkylation sites (N-methyl/N-ethyl adjacent to an activating group) is 1. The number of carbonyl (C=O) groups excluding carboxylic acids is 4. The van der Waals surface area contributed by atoms with E-state index in [1.165, 1.54) is 23.8 Å². The van der Waals surface area contributed by atoms with Crippen LogP contribution in [0.4, 0.5) is 5.69 Å². The molecule has 39 heavy (non-hydrogen) atoms. The third-order valence-electron chi connectivity index (χ3n) is 6.12. The van der Waals surface area contributed by atoms with E-state index in [2.05, 4.69) is 28.6 Å². The number of aliphatic imine (C=N–C) groups is 1. The van der Waals surface area contributed by atoms with Crippen LogP contribution < -0.4 is 20.9 Å². The second-order valence-electron chi connectivity index (χ2n) is 8.64. The van der Waals surface area contributed by atoms with E-state index < -0.39 is 48.5 Å². The Morgan fingerprint density at radius 2 is 1.79 bits per heavy atom. The normalized spacial score (nSPS) is 16.3. The standard InChI is InChI=1S/C27H33N5O5S2/c1-28-20(16-38)25(34)31-24-26(35)32(15-22(33)29-19(13-14-39-3)27(36)37-2)21-12-8-7-11-18(21)23(30-24)17-9-5-4-6-10-17/h4-12,19-20,24,28,38H,13-16H2,1-3H3,(H,29,33)(H,31,34)/t19-,20-,24?/m0/s1. The zero-order valence-electron chi connectivity index (χ0n) is 22.0. The summed E-state index contributed by atoms with van der Waals surface area (Å²) in [5.74, 6) is -1.33. The van der Waals surface area contributed by atoms with Gasteiger partial charge in [0.2, 0.25) is 18.0 Å². The number of para-hydroxylation sites is 1. The van der Waals surface area contributed by atoms with Crippen molar-refractivity contribution >= 4 is 59.5 Å². The van der Waals surface area contributed by atoms with Gasteiger partial charge in [-0.15, -0.1) is 0 Å². The largest absolute Gasteiger partial charge is 0.467 e. The zero-order chi connectivity index (χ0) is 28.4. The van der Waals surface area contributed by atoms with Gasteiger partial charge in [-0.2, -0.15) is 24.4 Å². The molecule has 0 saturated carbocycles. The van der Waals surface area contributed by atoms with Gasteiger partial charge in [-0.25, -0.2) is 9.79 Å². The molecule has 1 heterocycles. The summed E-state index contributed by atoms with van der Waals surface area (Å²) in [6.07, 6.45) is 0.962. The molecule has 2 aromatic rings. The molecule has 0 aliphatic carbocycles. The summed E-state index contributed by atoms with van der Waals surface area (Å²) in [7, 11) is 2.88. The second kappa shape index (κ2) is 14.7. The Kier molecular flexibility index (Phi) is 11.4. The van der Waals surface area contributed by atoms with Gasteiger partial charge in [-0.3, -0.25) is 19.3 Å². The number of nitrogens with zero attached hydrogens (tertiary/aromatic N) is 2. The lowest BCUT2D eigenvalue weighted by Gasteiger charge is -2.26. The number of thioether (sulfide) groups is 1. The van der Waals surface area contributed by atoms with Crippen LogP contribution in [0.5, 0.6) is 0 Å². The Balaban J connectivity index is 2.02. The van der Waals surface area contributed by atoms with Gasteiger partial charge in [-0.1, -0.05) is 48.5 Å². The van der Waals surface area contributed by atoms with E-state index in [0.717, 1.165) is 5.56 Å². The van der Waals surface area contributed by atoms with Crippen LogP contribution in [-0.2, 0) is 23.9 Å². The molecule has 10 nitrogen and oxygen atoms in total. The van der Waals surface area contributed by atoms with E-state index in [9.17, 15) is 19.2 Å². The number of hydrogen-bond acceptors (Lipinski definition) is 9. The molecule has 12 heteroatoms. The van der Waals surface area contributed by atoms with Gasteiger partial charge in [0.15, 0.2) is 0 Å². The Morgan fingerprint density at radius 1 is 1.10 bits per heavy atom. The number of anilines is 1. The maximum absolute atomic E-state index is 13.9. The molecule has 0 spiro atoms. The van der Waals surface area contributed by atoms with Crippen molar-refractivity contribution in [2.24, 2.45) is 4.99 Å². The summed E-state index contributed by atoms with van der Waals surface area (Å²) in [5.41, 5.74) is 2.31. The first kappa shape index (κ1) is 30.2. The predicted octanol–water partition coefficient (Wildman–Crippen LogP) is 1.24. The quantitative estimate of drug-likeness (QED) is 0.223. The fourth-order valence-corrected chi connectivity index (χ4v) is 4.88. The zero-order valence-corrected chi connectivity index (χ0v) is 23.8. The number of carbonyl (C=O) groups is 4. The molecular formula is C27H33N5O5S2. The average molecular weight is 572 g/mol. The highest BCUT2D eigenvalue weighted by atomic mass is 32.2. The Hall–Kier alpha value is -3.35. The van der Waals surface area contributed by atoms with Gasteiger partial charge in [0.1, 0.15) is 12.6 Å². The van der Waals surface area contributed by atoms with Gasteiger partial charge in [0.05, 0.1) is 24.6 Å². The number of nitrogens with one attached hydrogen (secondary N) is 3. The van der Waals surface area contributed by atoms with E-state index in [-0.39, 0.29) is 5.75 Å². The Morgan fingerprint density at radius 3 is 2.44 bits per heavy atom. The van der Waals surface area contributed by atoms with Crippen molar-refractivity contribution in [1.82, 2.24) is 16.0 Å². The molecule has 3 rings (SSSR count). The molecule has 0 saturated heterocycles. The van der Waals surface area contributed by atoms with Crippen LogP contribution in [0, 0.1) is 0 Å². The highest BCUT2D eigenvalue weighted by molar-refractivity contribution is 7.98. The van der Waals surface area contributed by atoms with Crippen molar-refractivity contribution in [3.8, 4) is 0 Å². The first-order valence-electron chi connectivity index (χ1n) is 12.3. The molecule has 2 aromatic carbocycles. The summed E-state index contributed by atoms with van der Waals surface area (Å²) in [6.45, 7) is -0.394. The van der Waals surface area contributed by atoms with Crippen LogP contribution in [0.2, 0.25) is 0 Å². The van der Waals surface area contributed by atoms with E-state index >= 15 is 0 Å². The van der Waals surface area contributed by atoms with E-state index in [1.54, 1.807) is 19.2 Å². The molecule has 1 aliphatic heterocycles. The summed E-state index contributed by atoms with van der Waals surface area (Å²) in [4.78, 5) is 58.2. The molecule has 3 atom stereocenters. The maximum atomic E-state index is 13.9. The molecule has 1 aliphatic rings. The van der Waals surface area contributed by atoms with Crippen LogP contribution >= 0.6 is 24.4 Å². The molecule has 0 radical (unpaired) electrons. The summed E-state index contributed by atoms with van der Waals surface area (Å²) in [6, 6.07) is 14.9. The fourth-order valence-electron chi connectivity index (χ4n) is 4.06. The number of esters is 1. The molecular weight excluding hydrogens is 538 g/mol. The van der Waals surface area contributed by atoms with Crippen molar-refractivity contribution in [1.29, 1.82) is 0 Å². The third kappa shape index (κ3) is 7.61. The predicted molar refractivity (Wildman–Crippen MR) is 156 cm³/mol. The smallest absolute Gasteiger partial charge is 0.328 e. The van der Waals surface area contributed by atoms with Crippen LogP contribution in [0.15, 0.2) is 59.6 Å². The molecule has 0 fully saturated rings. The third-order valence-corrected chi connectivity index (χ3v) is 7.12. The molecule has 3 N–H and O–H groups in total. The topological polar surface area (TPSA) is 129 Å². The van der Waals surface area contributed by atoms with E-state index in [0.29, 0.717) is 29.1 Å². The number of ether oxygens (including phenoxy) is 1. The van der Waals surface area contributed by atoms with Gasteiger partial charge in [0, 0.05) is 16.9 Å². The van der Waals surface area contributed by atoms with Crippen molar-refractivity contribution in [2.45, 2.75) is 24.7 Å². The number of amides is 3. The SMILES string of the molecule is CN[C@@H](CS)C(=O)NC1N=C(c2ccccc2)c2ccccc2N(CC(=O)N[C@@H](CCSC)C(=O)OC)C1=O. The van der Waals surface area contributed by atoms with Crippen LogP contribution in [0.1, 0.15) is 17.5 Å². The summed E-state index contributed by atoms with van der Waals surface area (Å²) in [5, 5.41) is 8.26. The van der Waals surface area contributed by atoms with Crippen LogP contribution in [-0.4, -0.2) is 86.1 Å². The Labute approximate surface area is 237 Å². The van der Waals surface area contributed by atoms with Crippen molar-refractivity contribution in [3.05, 3.63) is 65.7 Å². The minimum Gasteiger partial charge on any atom is -0.467 e. The van der Waals surface area contributed by atoms with Gasteiger partial charge in [-0.05, 0) is 31.5 Å². The van der Waals surface area contributed by atoms with Crippen LogP contribution in [0.25, 0.3) is 0 Å². The molecule has 208 valence electrons. The highest BCUT2D eigenvalue weighted by Gasteiger charge is 2.35. The average Bonchev–Trinajstić information content (AvgIpc) is 3.06. The minimum atomic E-state index is -1.31. The van der Waals surface area contributed by atoms with Gasteiger partial charge >= 0.3 is 5.97 Å². The number of fused-ring (bicyclic) bond motifs is 1. The summed E-state index contributed by atoms with van der Waals surface area (Å²) < 4.78 is 4.84. The van der Waals surface area contributed by atoms with Gasteiger partial charge in [0.25, 0.3) is 5.91 Å². The number of thiol groups is 1. The number of benzene rings is 2. The maximum Gasteiger partial charge on any atom is 0.328 e. The lowest BCUT2D eigenvalue weighted by molar-refractivity contribution is -0.145. The minimum absolute atomic E-state index is 0.204. The monoisotopic (exact) mass is 571 g/mol. The molecule has 0 bridgehead atoms. The molecule has 0 aromatic heterocycles. The lowest BCUT2D eigenvalue weighted by atomic mass is 10.0. The summed E-state index contributed by atoms with van der Waals surface area (Å²) >= 11 is 5.74. The van der Waals surface area contributed by atoms with Gasteiger partial charge < -0.3 is 20.7 Å². The van der Waals surface area contributed by atoms with E-state index in [4.69, 9.17) is 9.73 Å². The molecule has 3 amide bonds. The van der Waals surface area contributed by atoms with Crippen LogP contribution in [0.3, 0.4) is 0 Å². The first-order chi connectivity index (χ1) is 18.8. The fraction of sp³-hybridized carbons (Fsp3) is 0.370. The number of methoxy groups -OCH3 is 1. The second-order valence-corrected chi connectivity index (χ2v) is 10.00. The number of rotatable bonds is 12. The molecule has 1 unspecified atom stereocenters. The Bertz CT molecular complexity index is 1210. The lowest BCUT2D eigenvalue weighted by Crippen LogP contribution is -2.55. The van der Waals surface area contributed by atoms with Crippen molar-refractivity contribution in [3.63, 3.8) is 0 Å². The van der Waals surface area contributed by atoms with E-state index in [1.807, 2.05) is 48.7 Å². The number of benzodiazepines with no additional fused rings is 1. The van der Waals surface area contributed by atoms with Crippen molar-refractivity contribution in [2.75, 3.05) is 43.4 Å². The van der Waals surface area contributed by atoms with Crippen molar-refractivity contribution < 1.29 is 23.9 Å². The highest BCUT2D eigenvalue weighted by Crippen LogP contribution is 2.28. The number of hydrogen-bond donors (Lipinski definition) is 4. The first-order valence-corrected chi connectivity index (χ1v) is 14.4.